The molecule has 0 atom stereocenters. The Hall–Kier alpha value is -2.14. The molecule has 5 heteroatoms. The molecule has 1 aliphatic rings. The highest BCUT2D eigenvalue weighted by molar-refractivity contribution is 6.00. The van der Waals surface area contributed by atoms with Crippen LogP contribution in [0, 0.1) is 0 Å². The summed E-state index contributed by atoms with van der Waals surface area (Å²) < 4.78 is 5.46. The molecule has 0 spiro atoms. The normalized spacial score (nSPS) is 17.9. The first kappa shape index (κ1) is 13.8. The SMILES string of the molecule is CC1(C)COCCN1C(=O)c1cc2ccccc2c(N)n1. The summed E-state index contributed by atoms with van der Waals surface area (Å²) in [4.78, 5) is 18.9. The maximum atomic E-state index is 12.8. The lowest BCUT2D eigenvalue weighted by atomic mass is 10.0. The number of anilines is 1. The first-order chi connectivity index (χ1) is 9.99. The number of ether oxygens (including phenoxy) is 1. The van der Waals surface area contributed by atoms with Crippen LogP contribution in [0.3, 0.4) is 0 Å². The maximum absolute atomic E-state index is 12.8. The molecule has 1 aromatic heterocycles. The lowest BCUT2D eigenvalue weighted by Gasteiger charge is -2.41. The summed E-state index contributed by atoms with van der Waals surface area (Å²) in [6.45, 7) is 5.64. The molecule has 5 nitrogen and oxygen atoms in total. The van der Waals surface area contributed by atoms with Crippen LogP contribution >= 0.6 is 0 Å². The van der Waals surface area contributed by atoms with Gasteiger partial charge in [0.1, 0.15) is 11.5 Å². The van der Waals surface area contributed by atoms with Crippen LogP contribution in [0.5, 0.6) is 0 Å². The maximum Gasteiger partial charge on any atom is 0.273 e. The van der Waals surface area contributed by atoms with Crippen molar-refractivity contribution in [2.24, 2.45) is 0 Å². The zero-order valence-corrected chi connectivity index (χ0v) is 12.3. The second-order valence-electron chi connectivity index (χ2n) is 5.94. The van der Waals surface area contributed by atoms with Crippen molar-refractivity contribution < 1.29 is 9.53 Å². The molecule has 1 aromatic carbocycles. The topological polar surface area (TPSA) is 68.5 Å². The highest BCUT2D eigenvalue weighted by atomic mass is 16.5. The second kappa shape index (κ2) is 5.00. The first-order valence-electron chi connectivity index (χ1n) is 7.04. The number of amides is 1. The van der Waals surface area contributed by atoms with Crippen LogP contribution in [0.2, 0.25) is 0 Å². The van der Waals surface area contributed by atoms with Crippen molar-refractivity contribution >= 4 is 22.5 Å². The zero-order chi connectivity index (χ0) is 15.0. The third kappa shape index (κ3) is 2.45. The van der Waals surface area contributed by atoms with Crippen LogP contribution in [0.4, 0.5) is 5.82 Å². The van der Waals surface area contributed by atoms with Gasteiger partial charge in [0.25, 0.3) is 5.91 Å². The molecule has 0 bridgehead atoms. The van der Waals surface area contributed by atoms with Crippen molar-refractivity contribution in [3.8, 4) is 0 Å². The average molecular weight is 285 g/mol. The van der Waals surface area contributed by atoms with E-state index in [1.807, 2.05) is 43.0 Å². The highest BCUT2D eigenvalue weighted by Crippen LogP contribution is 2.24. The number of fused-ring (bicyclic) bond motifs is 1. The van der Waals surface area contributed by atoms with Gasteiger partial charge >= 0.3 is 0 Å². The van der Waals surface area contributed by atoms with Crippen LogP contribution in [0.25, 0.3) is 10.8 Å². The Morgan fingerprint density at radius 1 is 1.38 bits per heavy atom. The van der Waals surface area contributed by atoms with E-state index < -0.39 is 0 Å². The van der Waals surface area contributed by atoms with E-state index in [4.69, 9.17) is 10.5 Å². The van der Waals surface area contributed by atoms with E-state index in [1.165, 1.54) is 0 Å². The number of nitrogens with zero attached hydrogens (tertiary/aromatic N) is 2. The molecule has 1 saturated heterocycles. The number of nitrogen functional groups attached to an aromatic ring is 1. The van der Waals surface area contributed by atoms with Gasteiger partial charge in [-0.3, -0.25) is 4.79 Å². The molecule has 0 unspecified atom stereocenters. The van der Waals surface area contributed by atoms with E-state index >= 15 is 0 Å². The van der Waals surface area contributed by atoms with Crippen LogP contribution in [0.1, 0.15) is 24.3 Å². The van der Waals surface area contributed by atoms with Crippen LogP contribution in [-0.2, 0) is 4.74 Å². The molecule has 1 fully saturated rings. The summed E-state index contributed by atoms with van der Waals surface area (Å²) in [7, 11) is 0. The molecular weight excluding hydrogens is 266 g/mol. The Morgan fingerprint density at radius 2 is 2.14 bits per heavy atom. The highest BCUT2D eigenvalue weighted by Gasteiger charge is 2.35. The monoisotopic (exact) mass is 285 g/mol. The number of hydrogen-bond donors (Lipinski definition) is 1. The number of carbonyl (C=O) groups excluding carboxylic acids is 1. The molecule has 1 aliphatic heterocycles. The van der Waals surface area contributed by atoms with Gasteiger partial charge in [-0.25, -0.2) is 4.98 Å². The van der Waals surface area contributed by atoms with Crippen molar-refractivity contribution in [3.63, 3.8) is 0 Å². The largest absolute Gasteiger partial charge is 0.383 e. The predicted octanol–water partition coefficient (Wildman–Crippen LogP) is 2.07. The summed E-state index contributed by atoms with van der Waals surface area (Å²) >= 11 is 0. The molecule has 0 aliphatic carbocycles. The van der Waals surface area contributed by atoms with Gasteiger partial charge in [0.2, 0.25) is 0 Å². The van der Waals surface area contributed by atoms with Crippen molar-refractivity contribution in [1.82, 2.24) is 9.88 Å². The van der Waals surface area contributed by atoms with Crippen molar-refractivity contribution in [3.05, 3.63) is 36.0 Å². The fraction of sp³-hybridized carbons (Fsp3) is 0.375. The predicted molar refractivity (Wildman–Crippen MR) is 82.1 cm³/mol. The van der Waals surface area contributed by atoms with E-state index in [1.54, 1.807) is 6.07 Å². The molecule has 0 saturated carbocycles. The quantitative estimate of drug-likeness (QED) is 0.871. The van der Waals surface area contributed by atoms with Gasteiger partial charge in [-0.05, 0) is 25.3 Å². The van der Waals surface area contributed by atoms with Crippen molar-refractivity contribution in [2.75, 3.05) is 25.5 Å². The van der Waals surface area contributed by atoms with Crippen molar-refractivity contribution in [1.29, 1.82) is 0 Å². The summed E-state index contributed by atoms with van der Waals surface area (Å²) in [6, 6.07) is 9.49. The van der Waals surface area contributed by atoms with E-state index in [0.29, 0.717) is 31.3 Å². The lowest BCUT2D eigenvalue weighted by Crippen LogP contribution is -2.55. The Kier molecular flexibility index (Phi) is 3.29. The van der Waals surface area contributed by atoms with E-state index in [0.717, 1.165) is 10.8 Å². The van der Waals surface area contributed by atoms with Gasteiger partial charge in [-0.15, -0.1) is 0 Å². The third-order valence-corrected chi connectivity index (χ3v) is 3.88. The smallest absolute Gasteiger partial charge is 0.273 e. The fourth-order valence-corrected chi connectivity index (χ4v) is 2.71. The summed E-state index contributed by atoms with van der Waals surface area (Å²) in [5, 5.41) is 1.80. The molecule has 2 aromatic rings. The van der Waals surface area contributed by atoms with Gasteiger partial charge in [0.15, 0.2) is 0 Å². The Morgan fingerprint density at radius 3 is 2.90 bits per heavy atom. The van der Waals surface area contributed by atoms with E-state index in [-0.39, 0.29) is 11.4 Å². The van der Waals surface area contributed by atoms with Crippen LogP contribution in [-0.4, -0.2) is 41.1 Å². The van der Waals surface area contributed by atoms with Crippen molar-refractivity contribution in [2.45, 2.75) is 19.4 Å². The number of carbonyl (C=O) groups is 1. The van der Waals surface area contributed by atoms with E-state index in [2.05, 4.69) is 4.98 Å². The molecule has 21 heavy (non-hydrogen) atoms. The number of nitrogens with two attached hydrogens (primary N) is 1. The lowest BCUT2D eigenvalue weighted by molar-refractivity contribution is -0.0373. The van der Waals surface area contributed by atoms with Gasteiger partial charge in [-0.1, -0.05) is 24.3 Å². The Balaban J connectivity index is 2.01. The molecule has 2 N–H and O–H groups in total. The van der Waals surface area contributed by atoms with Gasteiger partial charge in [-0.2, -0.15) is 0 Å². The number of morpholine rings is 1. The van der Waals surface area contributed by atoms with Crippen LogP contribution in [0.15, 0.2) is 30.3 Å². The number of benzene rings is 1. The average Bonchev–Trinajstić information content (AvgIpc) is 2.46. The molecule has 2 heterocycles. The zero-order valence-electron chi connectivity index (χ0n) is 12.3. The van der Waals surface area contributed by atoms with Crippen LogP contribution < -0.4 is 5.73 Å². The summed E-state index contributed by atoms with van der Waals surface area (Å²) in [5.41, 5.74) is 6.04. The molecular formula is C16H19N3O2. The number of hydrogen-bond acceptors (Lipinski definition) is 4. The first-order valence-corrected chi connectivity index (χ1v) is 7.04. The Bertz CT molecular complexity index is 697. The van der Waals surface area contributed by atoms with Gasteiger partial charge in [0, 0.05) is 11.9 Å². The molecule has 0 radical (unpaired) electrons. The van der Waals surface area contributed by atoms with Gasteiger partial charge in [0.05, 0.1) is 18.8 Å². The molecule has 110 valence electrons. The minimum atomic E-state index is -0.336. The summed E-state index contributed by atoms with van der Waals surface area (Å²) in [5.74, 6) is 0.295. The number of pyridine rings is 1. The number of rotatable bonds is 1. The fourth-order valence-electron chi connectivity index (χ4n) is 2.71. The molecule has 3 rings (SSSR count). The third-order valence-electron chi connectivity index (χ3n) is 3.88. The minimum absolute atomic E-state index is 0.0965. The van der Waals surface area contributed by atoms with Gasteiger partial charge < -0.3 is 15.4 Å². The minimum Gasteiger partial charge on any atom is -0.383 e. The Labute approximate surface area is 123 Å². The molecule has 1 amide bonds. The van der Waals surface area contributed by atoms with E-state index in [9.17, 15) is 4.79 Å². The second-order valence-corrected chi connectivity index (χ2v) is 5.94. The summed E-state index contributed by atoms with van der Waals surface area (Å²) in [6.07, 6.45) is 0. The number of aromatic nitrogens is 1. The standard InChI is InChI=1S/C16H19N3O2/c1-16(2)10-21-8-7-19(16)15(20)13-9-11-5-3-4-6-12(11)14(17)18-13/h3-6,9H,7-8,10H2,1-2H3,(H2,17,18).